The van der Waals surface area contributed by atoms with Gasteiger partial charge in [-0.05, 0) is 30.5 Å². The van der Waals surface area contributed by atoms with E-state index in [2.05, 4.69) is 15.3 Å². The molecule has 124 valence electrons. The molecule has 0 fully saturated rings. The molecule has 0 aliphatic carbocycles. The van der Waals surface area contributed by atoms with E-state index >= 15 is 0 Å². The molecule has 0 unspecified atom stereocenters. The summed E-state index contributed by atoms with van der Waals surface area (Å²) in [5.41, 5.74) is 0.411. The number of anilines is 1. The molecule has 0 radical (unpaired) electrons. The van der Waals surface area contributed by atoms with E-state index in [1.165, 1.54) is 23.1 Å². The number of benzene rings is 1. The van der Waals surface area contributed by atoms with Crippen LogP contribution in [0.5, 0.6) is 5.75 Å². The molecule has 8 heteroatoms. The van der Waals surface area contributed by atoms with Gasteiger partial charge in [-0.15, -0.1) is 11.3 Å². The molecule has 0 saturated heterocycles. The van der Waals surface area contributed by atoms with E-state index in [9.17, 15) is 9.59 Å². The minimum Gasteiger partial charge on any atom is -0.495 e. The minimum absolute atomic E-state index is 0.193. The van der Waals surface area contributed by atoms with E-state index in [1.807, 2.05) is 17.5 Å². The summed E-state index contributed by atoms with van der Waals surface area (Å²) in [5.74, 6) is 0.396. The van der Waals surface area contributed by atoms with Crippen molar-refractivity contribution in [3.05, 3.63) is 46.1 Å². The number of rotatable bonds is 5. The van der Waals surface area contributed by atoms with Gasteiger partial charge in [-0.25, -0.2) is 4.98 Å². The molecule has 0 saturated carbocycles. The largest absolute Gasteiger partial charge is 0.495 e. The number of aromatic amines is 1. The number of fused-ring (bicyclic) bond motifs is 1. The number of H-pyrrole nitrogens is 1. The number of thiophene rings is 1. The molecule has 3 rings (SSSR count). The van der Waals surface area contributed by atoms with Crippen LogP contribution in [-0.2, 0) is 4.79 Å². The quantitative estimate of drug-likeness (QED) is 0.539. The second kappa shape index (κ2) is 7.06. The van der Waals surface area contributed by atoms with Gasteiger partial charge in [0.05, 0.1) is 23.4 Å². The van der Waals surface area contributed by atoms with Crippen LogP contribution in [0.2, 0.25) is 0 Å². The number of carbonyl (C=O) groups is 1. The van der Waals surface area contributed by atoms with Gasteiger partial charge in [0.25, 0.3) is 5.56 Å². The Hall–Kier alpha value is -2.32. The summed E-state index contributed by atoms with van der Waals surface area (Å²) < 4.78 is 5.22. The summed E-state index contributed by atoms with van der Waals surface area (Å²) in [4.78, 5) is 32.1. The molecular formula is C16H15N3O3S2. The van der Waals surface area contributed by atoms with Gasteiger partial charge in [0.1, 0.15) is 10.6 Å². The summed E-state index contributed by atoms with van der Waals surface area (Å²) in [6.07, 6.45) is 0. The van der Waals surface area contributed by atoms with Crippen molar-refractivity contribution in [3.8, 4) is 5.75 Å². The number of nitrogens with zero attached hydrogens (tertiary/aromatic N) is 1. The zero-order chi connectivity index (χ0) is 17.1. The van der Waals surface area contributed by atoms with Gasteiger partial charge in [0, 0.05) is 0 Å². The van der Waals surface area contributed by atoms with Crippen LogP contribution in [0.25, 0.3) is 10.2 Å². The molecule has 1 aromatic carbocycles. The van der Waals surface area contributed by atoms with E-state index in [4.69, 9.17) is 4.74 Å². The standard InChI is InChI=1S/C16H15N3O3S2/c1-9(13(20)17-11-5-3-4-6-12(11)22-2)24-16-18-14(21)10-7-8-23-15(10)19-16/h3-9H,1-2H3,(H,17,20)(H,18,19,21)/t9-/m1/s1. The van der Waals surface area contributed by atoms with Crippen LogP contribution < -0.4 is 15.6 Å². The third kappa shape index (κ3) is 3.44. The molecule has 0 bridgehead atoms. The lowest BCUT2D eigenvalue weighted by molar-refractivity contribution is -0.115. The molecule has 24 heavy (non-hydrogen) atoms. The highest BCUT2D eigenvalue weighted by Crippen LogP contribution is 2.26. The number of amides is 1. The Morgan fingerprint density at radius 3 is 2.96 bits per heavy atom. The Balaban J connectivity index is 1.74. The predicted molar refractivity (Wildman–Crippen MR) is 97.2 cm³/mol. The first kappa shape index (κ1) is 16.5. The molecule has 0 aliphatic rings. The van der Waals surface area contributed by atoms with Gasteiger partial charge >= 0.3 is 0 Å². The Labute approximate surface area is 146 Å². The molecular weight excluding hydrogens is 346 g/mol. The fraction of sp³-hybridized carbons (Fsp3) is 0.188. The zero-order valence-electron chi connectivity index (χ0n) is 13.0. The number of ether oxygens (including phenoxy) is 1. The number of aromatic nitrogens is 2. The lowest BCUT2D eigenvalue weighted by atomic mass is 10.3. The van der Waals surface area contributed by atoms with Crippen molar-refractivity contribution < 1.29 is 9.53 Å². The van der Waals surface area contributed by atoms with Gasteiger partial charge in [-0.1, -0.05) is 23.9 Å². The highest BCUT2D eigenvalue weighted by atomic mass is 32.2. The molecule has 2 heterocycles. The van der Waals surface area contributed by atoms with Crippen molar-refractivity contribution in [1.82, 2.24) is 9.97 Å². The zero-order valence-corrected chi connectivity index (χ0v) is 14.7. The van der Waals surface area contributed by atoms with E-state index < -0.39 is 5.25 Å². The van der Waals surface area contributed by atoms with Crippen LogP contribution >= 0.6 is 23.1 Å². The topological polar surface area (TPSA) is 84.1 Å². The Morgan fingerprint density at radius 2 is 2.17 bits per heavy atom. The number of hydrogen-bond donors (Lipinski definition) is 2. The number of carbonyl (C=O) groups excluding carboxylic acids is 1. The van der Waals surface area contributed by atoms with Gasteiger partial charge in [-0.3, -0.25) is 9.59 Å². The number of nitrogens with one attached hydrogen (secondary N) is 2. The van der Waals surface area contributed by atoms with Crippen molar-refractivity contribution >= 4 is 44.9 Å². The Morgan fingerprint density at radius 1 is 1.38 bits per heavy atom. The van der Waals surface area contributed by atoms with Gasteiger partial charge < -0.3 is 15.0 Å². The van der Waals surface area contributed by atoms with Gasteiger partial charge in [0.15, 0.2) is 5.16 Å². The highest BCUT2D eigenvalue weighted by molar-refractivity contribution is 8.00. The van der Waals surface area contributed by atoms with Crippen molar-refractivity contribution in [2.24, 2.45) is 0 Å². The second-order valence-electron chi connectivity index (χ2n) is 4.96. The summed E-state index contributed by atoms with van der Waals surface area (Å²) in [6, 6.07) is 8.93. The monoisotopic (exact) mass is 361 g/mol. The summed E-state index contributed by atoms with van der Waals surface area (Å²) in [5, 5.41) is 5.20. The van der Waals surface area contributed by atoms with Crippen molar-refractivity contribution in [1.29, 1.82) is 0 Å². The van der Waals surface area contributed by atoms with Gasteiger partial charge in [-0.2, -0.15) is 0 Å². The fourth-order valence-corrected chi connectivity index (χ4v) is 3.72. The minimum atomic E-state index is -0.435. The molecule has 2 aromatic heterocycles. The molecule has 0 spiro atoms. The van der Waals surface area contributed by atoms with Crippen LogP contribution in [0.1, 0.15) is 6.92 Å². The molecule has 2 N–H and O–H groups in total. The molecule has 3 aromatic rings. The maximum Gasteiger partial charge on any atom is 0.260 e. The predicted octanol–water partition coefficient (Wildman–Crippen LogP) is 3.11. The van der Waals surface area contributed by atoms with Crippen molar-refractivity contribution in [2.45, 2.75) is 17.3 Å². The average molecular weight is 361 g/mol. The molecule has 6 nitrogen and oxygen atoms in total. The third-order valence-corrected chi connectivity index (χ3v) is 5.13. The number of thioether (sulfide) groups is 1. The molecule has 0 aliphatic heterocycles. The smallest absolute Gasteiger partial charge is 0.260 e. The number of methoxy groups -OCH3 is 1. The Kier molecular flexibility index (Phi) is 4.86. The van der Waals surface area contributed by atoms with E-state index in [0.29, 0.717) is 26.8 Å². The van der Waals surface area contributed by atoms with Gasteiger partial charge in [0.2, 0.25) is 5.91 Å². The second-order valence-corrected chi connectivity index (χ2v) is 7.18. The lowest BCUT2D eigenvalue weighted by Gasteiger charge is -2.13. The fourth-order valence-electron chi connectivity index (χ4n) is 2.10. The molecule has 1 amide bonds. The number of para-hydroxylation sites is 2. The van der Waals surface area contributed by atoms with Crippen LogP contribution in [-0.4, -0.2) is 28.2 Å². The summed E-state index contributed by atoms with van der Waals surface area (Å²) in [7, 11) is 1.55. The lowest BCUT2D eigenvalue weighted by Crippen LogP contribution is -2.23. The third-order valence-electron chi connectivity index (χ3n) is 3.34. The first-order valence-corrected chi connectivity index (χ1v) is 8.92. The Bertz CT molecular complexity index is 935. The maximum absolute atomic E-state index is 12.4. The van der Waals surface area contributed by atoms with Crippen LogP contribution in [0, 0.1) is 0 Å². The summed E-state index contributed by atoms with van der Waals surface area (Å²) >= 11 is 2.60. The van der Waals surface area contributed by atoms with Crippen molar-refractivity contribution in [3.63, 3.8) is 0 Å². The average Bonchev–Trinajstić information content (AvgIpc) is 3.04. The van der Waals surface area contributed by atoms with E-state index in [1.54, 1.807) is 32.2 Å². The SMILES string of the molecule is COc1ccccc1NC(=O)[C@@H](C)Sc1nc2sccc2c(=O)[nH]1. The number of hydrogen-bond acceptors (Lipinski definition) is 6. The maximum atomic E-state index is 12.4. The first-order valence-electron chi connectivity index (χ1n) is 7.16. The van der Waals surface area contributed by atoms with Crippen molar-refractivity contribution in [2.75, 3.05) is 12.4 Å². The normalized spacial score (nSPS) is 12.1. The van der Waals surface area contributed by atoms with E-state index in [-0.39, 0.29) is 11.5 Å². The first-order chi connectivity index (χ1) is 11.6. The summed E-state index contributed by atoms with van der Waals surface area (Å²) in [6.45, 7) is 1.76. The molecule has 1 atom stereocenters. The van der Waals surface area contributed by atoms with E-state index in [0.717, 1.165) is 0 Å². The van der Waals surface area contributed by atoms with Crippen LogP contribution in [0.15, 0.2) is 45.7 Å². The van der Waals surface area contributed by atoms with Crippen LogP contribution in [0.4, 0.5) is 5.69 Å². The highest BCUT2D eigenvalue weighted by Gasteiger charge is 2.18. The van der Waals surface area contributed by atoms with Crippen LogP contribution in [0.3, 0.4) is 0 Å².